The zero-order valence-corrected chi connectivity index (χ0v) is 11.0. The second-order valence-corrected chi connectivity index (χ2v) is 4.58. The number of thiazole rings is 1. The summed E-state index contributed by atoms with van der Waals surface area (Å²) in [5, 5.41) is 2.62. The third-order valence-electron chi connectivity index (χ3n) is 2.52. The molecule has 0 saturated heterocycles. The van der Waals surface area contributed by atoms with Crippen LogP contribution in [0.4, 0.5) is 0 Å². The number of benzene rings is 1. The molecular weight excluding hydrogens is 250 g/mol. The normalized spacial score (nSPS) is 10.1. The standard InChI is InChI=1S/C13H13NO3S/c1-16-11-3-4-12(17-2)9(5-11)6-13-14-10(7-15)8-18-13/h3-5,7-8H,6H2,1-2H3. The first-order chi connectivity index (χ1) is 8.76. The van der Waals surface area contributed by atoms with Crippen molar-refractivity contribution in [3.63, 3.8) is 0 Å². The van der Waals surface area contributed by atoms with Crippen LogP contribution in [0.25, 0.3) is 0 Å². The molecule has 1 aromatic heterocycles. The Hall–Kier alpha value is -1.88. The van der Waals surface area contributed by atoms with Crippen LogP contribution in [0.15, 0.2) is 23.6 Å². The van der Waals surface area contributed by atoms with E-state index in [-0.39, 0.29) is 0 Å². The monoisotopic (exact) mass is 263 g/mol. The lowest BCUT2D eigenvalue weighted by atomic mass is 10.1. The van der Waals surface area contributed by atoms with E-state index in [0.717, 1.165) is 28.4 Å². The second kappa shape index (κ2) is 5.64. The lowest BCUT2D eigenvalue weighted by Crippen LogP contribution is -1.95. The van der Waals surface area contributed by atoms with Crippen LogP contribution in [-0.4, -0.2) is 25.5 Å². The number of methoxy groups -OCH3 is 2. The number of carbonyl (C=O) groups is 1. The number of carbonyl (C=O) groups excluding carboxylic acids is 1. The lowest BCUT2D eigenvalue weighted by Gasteiger charge is -2.09. The molecule has 0 aliphatic carbocycles. The van der Waals surface area contributed by atoms with Crippen molar-refractivity contribution in [1.29, 1.82) is 0 Å². The van der Waals surface area contributed by atoms with Crippen LogP contribution < -0.4 is 9.47 Å². The Kier molecular flexibility index (Phi) is 3.94. The van der Waals surface area contributed by atoms with Gasteiger partial charge in [0.05, 0.1) is 19.2 Å². The van der Waals surface area contributed by atoms with Crippen molar-refractivity contribution >= 4 is 17.6 Å². The van der Waals surface area contributed by atoms with E-state index in [0.29, 0.717) is 12.1 Å². The number of hydrogen-bond acceptors (Lipinski definition) is 5. The van der Waals surface area contributed by atoms with Crippen molar-refractivity contribution < 1.29 is 14.3 Å². The molecule has 2 aromatic rings. The van der Waals surface area contributed by atoms with E-state index >= 15 is 0 Å². The first-order valence-electron chi connectivity index (χ1n) is 5.37. The van der Waals surface area contributed by atoms with Gasteiger partial charge in [-0.25, -0.2) is 4.98 Å². The number of ether oxygens (including phenoxy) is 2. The predicted molar refractivity (Wildman–Crippen MR) is 69.9 cm³/mol. The van der Waals surface area contributed by atoms with Crippen molar-refractivity contribution in [3.8, 4) is 11.5 Å². The van der Waals surface area contributed by atoms with Gasteiger partial charge in [-0.05, 0) is 18.2 Å². The van der Waals surface area contributed by atoms with Gasteiger partial charge in [-0.1, -0.05) is 0 Å². The summed E-state index contributed by atoms with van der Waals surface area (Å²) < 4.78 is 10.5. The van der Waals surface area contributed by atoms with Crippen molar-refractivity contribution in [2.45, 2.75) is 6.42 Å². The third kappa shape index (κ3) is 2.68. The average Bonchev–Trinajstić information content (AvgIpc) is 2.86. The molecule has 0 radical (unpaired) electrons. The number of hydrogen-bond donors (Lipinski definition) is 0. The van der Waals surface area contributed by atoms with E-state index in [1.54, 1.807) is 19.6 Å². The van der Waals surface area contributed by atoms with Gasteiger partial charge in [-0.15, -0.1) is 11.3 Å². The molecular formula is C13H13NO3S. The summed E-state index contributed by atoms with van der Waals surface area (Å²) in [6.45, 7) is 0. The molecule has 0 aliphatic heterocycles. The predicted octanol–water partition coefficient (Wildman–Crippen LogP) is 2.56. The van der Waals surface area contributed by atoms with Crippen LogP contribution in [0.1, 0.15) is 21.1 Å². The first-order valence-corrected chi connectivity index (χ1v) is 6.25. The highest BCUT2D eigenvalue weighted by molar-refractivity contribution is 7.09. The Bertz CT molecular complexity index is 551. The van der Waals surface area contributed by atoms with Crippen molar-refractivity contribution in [2.75, 3.05) is 14.2 Å². The number of aromatic nitrogens is 1. The summed E-state index contributed by atoms with van der Waals surface area (Å²) >= 11 is 1.46. The fraction of sp³-hybridized carbons (Fsp3) is 0.231. The summed E-state index contributed by atoms with van der Waals surface area (Å²) in [6, 6.07) is 5.63. The quantitative estimate of drug-likeness (QED) is 0.778. The van der Waals surface area contributed by atoms with Crippen LogP contribution in [0.5, 0.6) is 11.5 Å². The highest BCUT2D eigenvalue weighted by atomic mass is 32.1. The highest BCUT2D eigenvalue weighted by Gasteiger charge is 2.09. The zero-order valence-electron chi connectivity index (χ0n) is 10.2. The molecule has 5 heteroatoms. The molecule has 0 atom stereocenters. The van der Waals surface area contributed by atoms with Gasteiger partial charge in [0.15, 0.2) is 6.29 Å². The molecule has 2 rings (SSSR count). The molecule has 4 nitrogen and oxygen atoms in total. The molecule has 0 fully saturated rings. The molecule has 0 amide bonds. The topological polar surface area (TPSA) is 48.4 Å². The fourth-order valence-corrected chi connectivity index (χ4v) is 2.41. The zero-order chi connectivity index (χ0) is 13.0. The fourth-order valence-electron chi connectivity index (χ4n) is 1.64. The average molecular weight is 263 g/mol. The molecule has 0 unspecified atom stereocenters. The van der Waals surface area contributed by atoms with Crippen molar-refractivity contribution in [2.24, 2.45) is 0 Å². The molecule has 94 valence electrons. The van der Waals surface area contributed by atoms with Crippen LogP contribution >= 0.6 is 11.3 Å². The number of nitrogens with zero attached hydrogens (tertiary/aromatic N) is 1. The Morgan fingerprint density at radius 1 is 1.33 bits per heavy atom. The molecule has 0 spiro atoms. The van der Waals surface area contributed by atoms with Gasteiger partial charge in [0.25, 0.3) is 0 Å². The summed E-state index contributed by atoms with van der Waals surface area (Å²) in [6.07, 6.45) is 1.38. The van der Waals surface area contributed by atoms with Crippen LogP contribution in [0.3, 0.4) is 0 Å². The number of rotatable bonds is 5. The van der Waals surface area contributed by atoms with Gasteiger partial charge in [-0.3, -0.25) is 4.79 Å². The highest BCUT2D eigenvalue weighted by Crippen LogP contribution is 2.27. The molecule has 0 saturated carbocycles. The Labute approximate surface area is 109 Å². The van der Waals surface area contributed by atoms with E-state index in [1.165, 1.54) is 11.3 Å². The summed E-state index contributed by atoms with van der Waals surface area (Å²) in [4.78, 5) is 14.8. The molecule has 0 N–H and O–H groups in total. The molecule has 0 aliphatic rings. The lowest BCUT2D eigenvalue weighted by molar-refractivity contribution is 0.111. The molecule has 1 aromatic carbocycles. The minimum absolute atomic E-state index is 0.469. The van der Waals surface area contributed by atoms with Gasteiger partial charge < -0.3 is 9.47 Å². The second-order valence-electron chi connectivity index (χ2n) is 3.64. The van der Waals surface area contributed by atoms with E-state index < -0.39 is 0 Å². The summed E-state index contributed by atoms with van der Waals surface area (Å²) in [7, 11) is 3.25. The van der Waals surface area contributed by atoms with Crippen molar-refractivity contribution in [1.82, 2.24) is 4.98 Å². The maximum Gasteiger partial charge on any atom is 0.169 e. The summed E-state index contributed by atoms with van der Waals surface area (Å²) in [5.74, 6) is 1.57. The maximum atomic E-state index is 10.6. The molecule has 0 bridgehead atoms. The van der Waals surface area contributed by atoms with Crippen LogP contribution in [0.2, 0.25) is 0 Å². The van der Waals surface area contributed by atoms with E-state index in [1.807, 2.05) is 18.2 Å². The van der Waals surface area contributed by atoms with E-state index in [9.17, 15) is 4.79 Å². The summed E-state index contributed by atoms with van der Waals surface area (Å²) in [5.41, 5.74) is 1.46. The van der Waals surface area contributed by atoms with Crippen LogP contribution in [0, 0.1) is 0 Å². The third-order valence-corrected chi connectivity index (χ3v) is 3.39. The minimum atomic E-state index is 0.469. The number of aldehydes is 1. The van der Waals surface area contributed by atoms with Crippen LogP contribution in [-0.2, 0) is 6.42 Å². The smallest absolute Gasteiger partial charge is 0.169 e. The van der Waals surface area contributed by atoms with Gasteiger partial charge in [0, 0.05) is 17.4 Å². The Morgan fingerprint density at radius 3 is 2.78 bits per heavy atom. The maximum absolute atomic E-state index is 10.6. The van der Waals surface area contributed by atoms with Gasteiger partial charge >= 0.3 is 0 Å². The van der Waals surface area contributed by atoms with Crippen molar-refractivity contribution in [3.05, 3.63) is 39.8 Å². The SMILES string of the molecule is COc1ccc(OC)c(Cc2nc(C=O)cs2)c1. The van der Waals surface area contributed by atoms with E-state index in [4.69, 9.17) is 9.47 Å². The first kappa shape index (κ1) is 12.6. The minimum Gasteiger partial charge on any atom is -0.497 e. The van der Waals surface area contributed by atoms with Gasteiger partial charge in [-0.2, -0.15) is 0 Å². The largest absolute Gasteiger partial charge is 0.497 e. The molecule has 18 heavy (non-hydrogen) atoms. The Balaban J connectivity index is 2.28. The van der Waals surface area contributed by atoms with Gasteiger partial charge in [0.1, 0.15) is 17.2 Å². The van der Waals surface area contributed by atoms with Gasteiger partial charge in [0.2, 0.25) is 0 Å². The Morgan fingerprint density at radius 2 is 2.17 bits per heavy atom. The van der Waals surface area contributed by atoms with E-state index in [2.05, 4.69) is 4.98 Å². The molecule has 1 heterocycles.